The Labute approximate surface area is 116 Å². The maximum absolute atomic E-state index is 13.6. The molecule has 0 radical (unpaired) electrons. The topological polar surface area (TPSA) is 29.5 Å². The summed E-state index contributed by atoms with van der Waals surface area (Å²) in [4.78, 5) is 0. The minimum atomic E-state index is -1.21. The van der Waals surface area contributed by atoms with Crippen molar-refractivity contribution in [1.82, 2.24) is 0 Å². The van der Waals surface area contributed by atoms with Crippen molar-refractivity contribution in [2.75, 3.05) is 0 Å². The fourth-order valence-corrected chi connectivity index (χ4v) is 1.91. The van der Waals surface area contributed by atoms with Crippen LogP contribution < -0.4 is 4.74 Å². The molecule has 2 nitrogen and oxygen atoms in total. The van der Waals surface area contributed by atoms with Crippen LogP contribution in [0.4, 0.5) is 8.78 Å². The fraction of sp³-hybridized carbons (Fsp3) is 0.250. The molecule has 0 aliphatic heterocycles. The monoisotopic (exact) mass is 278 g/mol. The number of benzene rings is 2. The Kier molecular flexibility index (Phi) is 4.35. The first-order valence-electron chi connectivity index (χ1n) is 6.37. The predicted molar refractivity (Wildman–Crippen MR) is 72.6 cm³/mol. The highest BCUT2D eigenvalue weighted by Gasteiger charge is 2.17. The minimum Gasteiger partial charge on any atom is -0.491 e. The van der Waals surface area contributed by atoms with E-state index in [0.29, 0.717) is 11.3 Å². The van der Waals surface area contributed by atoms with E-state index in [1.807, 2.05) is 13.8 Å². The van der Waals surface area contributed by atoms with Crippen LogP contribution in [0.1, 0.15) is 31.1 Å². The van der Waals surface area contributed by atoms with Gasteiger partial charge in [-0.15, -0.1) is 0 Å². The molecule has 0 spiro atoms. The van der Waals surface area contributed by atoms with Gasteiger partial charge in [0.1, 0.15) is 11.9 Å². The zero-order chi connectivity index (χ0) is 14.7. The molecule has 2 aromatic carbocycles. The van der Waals surface area contributed by atoms with Crippen molar-refractivity contribution < 1.29 is 18.6 Å². The van der Waals surface area contributed by atoms with E-state index in [-0.39, 0.29) is 11.7 Å². The molecular formula is C16H16F2O2. The number of halogens is 2. The number of aliphatic hydroxyl groups is 1. The molecule has 1 N–H and O–H groups in total. The van der Waals surface area contributed by atoms with E-state index in [1.54, 1.807) is 24.3 Å². The maximum atomic E-state index is 13.6. The van der Waals surface area contributed by atoms with Crippen molar-refractivity contribution in [2.45, 2.75) is 26.1 Å². The van der Waals surface area contributed by atoms with E-state index < -0.39 is 17.7 Å². The quantitative estimate of drug-likeness (QED) is 0.921. The van der Waals surface area contributed by atoms with E-state index in [1.165, 1.54) is 12.1 Å². The first-order chi connectivity index (χ1) is 9.49. The van der Waals surface area contributed by atoms with Crippen LogP contribution in [0.25, 0.3) is 0 Å². The van der Waals surface area contributed by atoms with Crippen molar-refractivity contribution in [3.8, 4) is 5.75 Å². The molecule has 0 aliphatic carbocycles. The van der Waals surface area contributed by atoms with Crippen molar-refractivity contribution >= 4 is 0 Å². The first kappa shape index (κ1) is 14.5. The summed E-state index contributed by atoms with van der Waals surface area (Å²) in [6, 6.07) is 10.4. The van der Waals surface area contributed by atoms with Gasteiger partial charge in [0.2, 0.25) is 0 Å². The predicted octanol–water partition coefficient (Wildman–Crippen LogP) is 3.83. The smallest absolute Gasteiger partial charge is 0.164 e. The lowest BCUT2D eigenvalue weighted by atomic mass is 10.0. The second-order valence-corrected chi connectivity index (χ2v) is 4.78. The molecule has 0 heterocycles. The van der Waals surface area contributed by atoms with E-state index in [2.05, 4.69) is 0 Å². The van der Waals surface area contributed by atoms with Crippen LogP contribution in [0.2, 0.25) is 0 Å². The summed E-state index contributed by atoms with van der Waals surface area (Å²) in [5.74, 6) is -1.33. The minimum absolute atomic E-state index is 0.0476. The van der Waals surface area contributed by atoms with Gasteiger partial charge in [0.15, 0.2) is 11.6 Å². The maximum Gasteiger partial charge on any atom is 0.164 e. The molecule has 4 heteroatoms. The van der Waals surface area contributed by atoms with Gasteiger partial charge in [-0.05, 0) is 37.6 Å². The molecule has 0 fully saturated rings. The van der Waals surface area contributed by atoms with E-state index in [0.717, 1.165) is 6.07 Å². The van der Waals surface area contributed by atoms with Gasteiger partial charge >= 0.3 is 0 Å². The zero-order valence-corrected chi connectivity index (χ0v) is 11.3. The molecular weight excluding hydrogens is 262 g/mol. The van der Waals surface area contributed by atoms with E-state index in [4.69, 9.17) is 4.74 Å². The Bertz CT molecular complexity index is 580. The average molecular weight is 278 g/mol. The molecule has 0 saturated heterocycles. The number of ether oxygens (including phenoxy) is 1. The number of hydrogen-bond acceptors (Lipinski definition) is 2. The summed E-state index contributed by atoms with van der Waals surface area (Å²) in [6.45, 7) is 3.82. The molecule has 0 bridgehead atoms. The van der Waals surface area contributed by atoms with Crippen molar-refractivity contribution in [1.29, 1.82) is 0 Å². The van der Waals surface area contributed by atoms with Crippen LogP contribution in [-0.4, -0.2) is 11.2 Å². The van der Waals surface area contributed by atoms with Gasteiger partial charge in [-0.2, -0.15) is 0 Å². The van der Waals surface area contributed by atoms with Crippen LogP contribution in [0.3, 0.4) is 0 Å². The highest BCUT2D eigenvalue weighted by Crippen LogP contribution is 2.27. The van der Waals surface area contributed by atoms with Crippen molar-refractivity contribution in [3.63, 3.8) is 0 Å². The van der Waals surface area contributed by atoms with Gasteiger partial charge in [0.25, 0.3) is 0 Å². The molecule has 1 atom stereocenters. The molecule has 0 aromatic heterocycles. The third kappa shape index (κ3) is 3.14. The van der Waals surface area contributed by atoms with Crippen molar-refractivity contribution in [2.24, 2.45) is 0 Å². The van der Waals surface area contributed by atoms with Gasteiger partial charge in [0, 0.05) is 5.56 Å². The second-order valence-electron chi connectivity index (χ2n) is 4.78. The largest absolute Gasteiger partial charge is 0.491 e. The third-order valence-electron chi connectivity index (χ3n) is 2.84. The first-order valence-corrected chi connectivity index (χ1v) is 6.37. The van der Waals surface area contributed by atoms with E-state index in [9.17, 15) is 13.9 Å². The number of hydrogen-bond donors (Lipinski definition) is 1. The second kappa shape index (κ2) is 6.01. The Balaban J connectivity index is 2.25. The molecule has 1 unspecified atom stereocenters. The van der Waals surface area contributed by atoms with Crippen LogP contribution in [0.5, 0.6) is 5.75 Å². The van der Waals surface area contributed by atoms with Gasteiger partial charge in [-0.1, -0.05) is 24.3 Å². The lowest BCUT2D eigenvalue weighted by Gasteiger charge is -2.14. The van der Waals surface area contributed by atoms with Crippen molar-refractivity contribution in [3.05, 3.63) is 65.2 Å². The third-order valence-corrected chi connectivity index (χ3v) is 2.84. The molecule has 0 amide bonds. The molecule has 20 heavy (non-hydrogen) atoms. The lowest BCUT2D eigenvalue weighted by Crippen LogP contribution is -2.06. The summed E-state index contributed by atoms with van der Waals surface area (Å²) in [6.07, 6.45) is -1.16. The van der Waals surface area contributed by atoms with Crippen LogP contribution in [0.15, 0.2) is 42.5 Å². The normalized spacial score (nSPS) is 12.5. The fourth-order valence-electron chi connectivity index (χ4n) is 1.91. The lowest BCUT2D eigenvalue weighted by molar-refractivity contribution is 0.212. The highest BCUT2D eigenvalue weighted by atomic mass is 19.2. The molecule has 2 aromatic rings. The molecule has 2 rings (SSSR count). The average Bonchev–Trinajstić information content (AvgIpc) is 2.41. The summed E-state index contributed by atoms with van der Waals surface area (Å²) < 4.78 is 32.3. The summed E-state index contributed by atoms with van der Waals surface area (Å²) in [5, 5.41) is 10.1. The Morgan fingerprint density at radius 1 is 1.00 bits per heavy atom. The van der Waals surface area contributed by atoms with Crippen LogP contribution in [-0.2, 0) is 0 Å². The van der Waals surface area contributed by atoms with Gasteiger partial charge in [-0.3, -0.25) is 0 Å². The Morgan fingerprint density at radius 3 is 2.25 bits per heavy atom. The van der Waals surface area contributed by atoms with Crippen LogP contribution >= 0.6 is 0 Å². The highest BCUT2D eigenvalue weighted by molar-refractivity contribution is 5.35. The molecule has 106 valence electrons. The standard InChI is InChI=1S/C16H16F2O2/c1-10(2)20-12-8-6-11(7-9-12)16(19)13-4-3-5-14(17)15(13)18/h3-10,16,19H,1-2H3. The zero-order valence-electron chi connectivity index (χ0n) is 11.3. The summed E-state index contributed by atoms with van der Waals surface area (Å²) in [5.41, 5.74) is 0.396. The van der Waals surface area contributed by atoms with Gasteiger partial charge in [-0.25, -0.2) is 8.78 Å². The number of rotatable bonds is 4. The van der Waals surface area contributed by atoms with Gasteiger partial charge in [0.05, 0.1) is 6.10 Å². The Morgan fingerprint density at radius 2 is 1.65 bits per heavy atom. The number of aliphatic hydroxyl groups excluding tert-OH is 1. The molecule has 0 saturated carbocycles. The summed E-state index contributed by atoms with van der Waals surface area (Å²) in [7, 11) is 0. The summed E-state index contributed by atoms with van der Waals surface area (Å²) >= 11 is 0. The van der Waals surface area contributed by atoms with E-state index >= 15 is 0 Å². The van der Waals surface area contributed by atoms with Crippen LogP contribution in [0, 0.1) is 11.6 Å². The SMILES string of the molecule is CC(C)Oc1ccc(C(O)c2cccc(F)c2F)cc1. The van der Waals surface area contributed by atoms with Gasteiger partial charge < -0.3 is 9.84 Å². The Hall–Kier alpha value is -1.94. The molecule has 0 aliphatic rings.